The third kappa shape index (κ3) is 2.31. The number of esters is 1. The summed E-state index contributed by atoms with van der Waals surface area (Å²) in [7, 11) is 0. The third-order valence-corrected chi connectivity index (χ3v) is 1.90. The predicted molar refractivity (Wildman–Crippen MR) is 52.0 cm³/mol. The number of hydrogen-bond acceptors (Lipinski definition) is 5. The normalized spacial score (nSPS) is 19.3. The molecule has 78 valence electrons. The first-order chi connectivity index (χ1) is 7.25. The molecule has 1 atom stereocenters. The maximum absolute atomic E-state index is 10.7. The van der Waals surface area contributed by atoms with Crippen molar-refractivity contribution in [1.82, 2.24) is 4.98 Å². The van der Waals surface area contributed by atoms with E-state index in [0.29, 0.717) is 12.1 Å². The second kappa shape index (κ2) is 4.08. The highest BCUT2D eigenvalue weighted by atomic mass is 16.8. The molecule has 1 aliphatic heterocycles. The summed E-state index contributed by atoms with van der Waals surface area (Å²) in [6.07, 6.45) is 1.51. The van der Waals surface area contributed by atoms with E-state index in [1.54, 1.807) is 6.20 Å². The second-order valence-electron chi connectivity index (χ2n) is 3.10. The molecule has 15 heavy (non-hydrogen) atoms. The molecule has 1 aromatic heterocycles. The molecule has 0 unspecified atom stereocenters. The van der Waals surface area contributed by atoms with Gasteiger partial charge in [-0.05, 0) is 12.1 Å². The van der Waals surface area contributed by atoms with Gasteiger partial charge in [0.15, 0.2) is 0 Å². The minimum absolute atomic E-state index is 0.377. The fourth-order valence-electron chi connectivity index (χ4n) is 1.29. The first kappa shape index (κ1) is 9.64. The molecule has 0 aliphatic carbocycles. The van der Waals surface area contributed by atoms with Gasteiger partial charge in [-0.2, -0.15) is 0 Å². The van der Waals surface area contributed by atoms with E-state index < -0.39 is 6.29 Å². The topological polar surface area (TPSA) is 60.8 Å². The molecule has 0 aromatic carbocycles. The zero-order valence-corrected chi connectivity index (χ0v) is 8.21. The number of ether oxygens (including phenoxy) is 1. The molecule has 0 radical (unpaired) electrons. The standard InChI is InChI=1S/C10H10N2O3/c1-7(13)14-10-6-9(12-15-10)8-4-2-3-5-11-8/h2-5,10H,6H2,1H3/t10-/m0/s1. The Bertz CT molecular complexity index is 389. The maximum atomic E-state index is 10.7. The number of nitrogens with zero attached hydrogens (tertiary/aromatic N) is 2. The Kier molecular flexibility index (Phi) is 2.62. The van der Waals surface area contributed by atoms with Crippen LogP contribution < -0.4 is 0 Å². The van der Waals surface area contributed by atoms with E-state index in [-0.39, 0.29) is 5.97 Å². The lowest BCUT2D eigenvalue weighted by Gasteiger charge is -2.06. The monoisotopic (exact) mass is 206 g/mol. The van der Waals surface area contributed by atoms with Crippen LogP contribution in [0.4, 0.5) is 0 Å². The lowest BCUT2D eigenvalue weighted by molar-refractivity contribution is -0.170. The summed E-state index contributed by atoms with van der Waals surface area (Å²) in [4.78, 5) is 19.7. The molecule has 0 saturated carbocycles. The van der Waals surface area contributed by atoms with E-state index in [2.05, 4.69) is 10.1 Å². The van der Waals surface area contributed by atoms with E-state index in [9.17, 15) is 4.79 Å². The number of oxime groups is 1. The second-order valence-corrected chi connectivity index (χ2v) is 3.10. The van der Waals surface area contributed by atoms with Crippen molar-refractivity contribution in [1.29, 1.82) is 0 Å². The first-order valence-corrected chi connectivity index (χ1v) is 4.57. The summed E-state index contributed by atoms with van der Waals surface area (Å²) in [5, 5.41) is 3.82. The lowest BCUT2D eigenvalue weighted by atomic mass is 10.2. The molecule has 0 amide bonds. The predicted octanol–water partition coefficient (Wildman–Crippen LogP) is 1.10. The Morgan fingerprint density at radius 3 is 3.13 bits per heavy atom. The lowest BCUT2D eigenvalue weighted by Crippen LogP contribution is -2.16. The van der Waals surface area contributed by atoms with Crippen molar-refractivity contribution in [2.75, 3.05) is 0 Å². The first-order valence-electron chi connectivity index (χ1n) is 4.57. The van der Waals surface area contributed by atoms with E-state index in [1.807, 2.05) is 18.2 Å². The van der Waals surface area contributed by atoms with Crippen LogP contribution in [0.15, 0.2) is 29.6 Å². The van der Waals surface area contributed by atoms with Crippen molar-refractivity contribution in [3.05, 3.63) is 30.1 Å². The van der Waals surface area contributed by atoms with Crippen LogP contribution in [0.25, 0.3) is 0 Å². The van der Waals surface area contributed by atoms with Gasteiger partial charge in [0.25, 0.3) is 6.29 Å². The Labute approximate surface area is 86.7 Å². The fraction of sp³-hybridized carbons (Fsp3) is 0.300. The van der Waals surface area contributed by atoms with E-state index in [1.165, 1.54) is 6.92 Å². The molecular weight excluding hydrogens is 196 g/mol. The molecule has 0 N–H and O–H groups in total. The van der Waals surface area contributed by atoms with Crippen molar-refractivity contribution in [3.8, 4) is 0 Å². The quantitative estimate of drug-likeness (QED) is 0.680. The van der Waals surface area contributed by atoms with Gasteiger partial charge in [0.2, 0.25) is 0 Å². The van der Waals surface area contributed by atoms with Gasteiger partial charge in [0.1, 0.15) is 5.71 Å². The van der Waals surface area contributed by atoms with Crippen LogP contribution >= 0.6 is 0 Å². The van der Waals surface area contributed by atoms with Crippen LogP contribution in [0.5, 0.6) is 0 Å². The molecule has 2 heterocycles. The van der Waals surface area contributed by atoms with Gasteiger partial charge in [-0.1, -0.05) is 11.2 Å². The summed E-state index contributed by atoms with van der Waals surface area (Å²) >= 11 is 0. The summed E-state index contributed by atoms with van der Waals surface area (Å²) in [5.74, 6) is -0.377. The number of carbonyl (C=O) groups is 1. The fourth-order valence-corrected chi connectivity index (χ4v) is 1.29. The zero-order valence-electron chi connectivity index (χ0n) is 8.21. The number of hydrogen-bond donors (Lipinski definition) is 0. The summed E-state index contributed by atoms with van der Waals surface area (Å²) < 4.78 is 4.86. The van der Waals surface area contributed by atoms with Gasteiger partial charge in [-0.15, -0.1) is 0 Å². The van der Waals surface area contributed by atoms with Crippen molar-refractivity contribution >= 4 is 11.7 Å². The minimum Gasteiger partial charge on any atom is -0.423 e. The van der Waals surface area contributed by atoms with Gasteiger partial charge in [0, 0.05) is 13.1 Å². The van der Waals surface area contributed by atoms with E-state index >= 15 is 0 Å². The van der Waals surface area contributed by atoms with Gasteiger partial charge in [-0.3, -0.25) is 9.78 Å². The average molecular weight is 206 g/mol. The van der Waals surface area contributed by atoms with Gasteiger partial charge >= 0.3 is 5.97 Å². The molecule has 0 fully saturated rings. The highest BCUT2D eigenvalue weighted by Gasteiger charge is 2.24. The van der Waals surface area contributed by atoms with Crippen molar-refractivity contribution in [3.63, 3.8) is 0 Å². The number of carbonyl (C=O) groups excluding carboxylic acids is 1. The zero-order chi connectivity index (χ0) is 10.7. The molecule has 1 aliphatic rings. The molecule has 5 heteroatoms. The SMILES string of the molecule is CC(=O)O[C@@H]1CC(c2ccccn2)=NO1. The van der Waals surface area contributed by atoms with Crippen LogP contribution in [0.3, 0.4) is 0 Å². The molecule has 0 saturated heterocycles. The minimum atomic E-state index is -0.612. The van der Waals surface area contributed by atoms with Crippen LogP contribution in [0, 0.1) is 0 Å². The summed E-state index contributed by atoms with van der Waals surface area (Å²) in [6, 6.07) is 5.52. The highest BCUT2D eigenvalue weighted by molar-refractivity contribution is 5.99. The largest absolute Gasteiger partial charge is 0.423 e. The molecule has 1 aromatic rings. The van der Waals surface area contributed by atoms with Crippen LogP contribution in [-0.4, -0.2) is 23.0 Å². The Hall–Kier alpha value is -1.91. The van der Waals surface area contributed by atoms with Gasteiger partial charge < -0.3 is 9.57 Å². The van der Waals surface area contributed by atoms with Crippen LogP contribution in [-0.2, 0) is 14.4 Å². The molecule has 0 spiro atoms. The maximum Gasteiger partial charge on any atom is 0.305 e. The van der Waals surface area contributed by atoms with E-state index in [4.69, 9.17) is 9.57 Å². The molecule has 2 rings (SSSR count). The van der Waals surface area contributed by atoms with Crippen LogP contribution in [0.1, 0.15) is 19.0 Å². The van der Waals surface area contributed by atoms with Crippen molar-refractivity contribution < 1.29 is 14.4 Å². The number of rotatable bonds is 2. The van der Waals surface area contributed by atoms with Gasteiger partial charge in [-0.25, -0.2) is 0 Å². The van der Waals surface area contributed by atoms with Crippen molar-refractivity contribution in [2.45, 2.75) is 19.6 Å². The smallest absolute Gasteiger partial charge is 0.305 e. The van der Waals surface area contributed by atoms with Crippen molar-refractivity contribution in [2.24, 2.45) is 5.16 Å². The average Bonchev–Trinajstić information content (AvgIpc) is 2.67. The highest BCUT2D eigenvalue weighted by Crippen LogP contribution is 2.15. The molecule has 5 nitrogen and oxygen atoms in total. The van der Waals surface area contributed by atoms with Crippen LogP contribution in [0.2, 0.25) is 0 Å². The Morgan fingerprint density at radius 1 is 1.60 bits per heavy atom. The summed E-state index contributed by atoms with van der Waals surface area (Å²) in [6.45, 7) is 1.34. The van der Waals surface area contributed by atoms with E-state index in [0.717, 1.165) is 5.69 Å². The number of pyridine rings is 1. The number of aromatic nitrogens is 1. The molecular formula is C10H10N2O3. The molecule has 0 bridgehead atoms. The third-order valence-electron chi connectivity index (χ3n) is 1.90. The Balaban J connectivity index is 2.01. The Morgan fingerprint density at radius 2 is 2.47 bits per heavy atom. The van der Waals surface area contributed by atoms with Gasteiger partial charge in [0.05, 0.1) is 12.1 Å². The summed E-state index contributed by atoms with van der Waals surface area (Å²) in [5.41, 5.74) is 1.44.